The highest BCUT2D eigenvalue weighted by Crippen LogP contribution is 2.24. The molecule has 0 saturated heterocycles. The molecule has 0 bridgehead atoms. The number of aromatic amines is 1. The summed E-state index contributed by atoms with van der Waals surface area (Å²) in [6, 6.07) is 7.46. The van der Waals surface area contributed by atoms with E-state index in [0.29, 0.717) is 28.3 Å². The molecule has 0 fully saturated rings. The number of carbonyl (C=O) groups excluding carboxylic acids is 2. The first kappa shape index (κ1) is 19.8. The van der Waals surface area contributed by atoms with Crippen LogP contribution in [0.15, 0.2) is 29.6 Å². The number of ether oxygens (including phenoxy) is 2. The third-order valence-electron chi connectivity index (χ3n) is 4.33. The number of aryl methyl sites for hydroxylation is 2. The molecule has 0 radical (unpaired) electrons. The number of carbonyl (C=O) groups is 2. The highest BCUT2D eigenvalue weighted by atomic mass is 32.1. The van der Waals surface area contributed by atoms with Gasteiger partial charge in [-0.1, -0.05) is 0 Å². The fraction of sp³-hybridized carbons (Fsp3) is 0.286. The lowest BCUT2D eigenvalue weighted by Crippen LogP contribution is -2.13. The maximum absolute atomic E-state index is 12.6. The first-order valence-electron chi connectivity index (χ1n) is 8.95. The van der Waals surface area contributed by atoms with Crippen molar-refractivity contribution in [1.82, 2.24) is 9.97 Å². The zero-order valence-corrected chi connectivity index (χ0v) is 17.1. The molecule has 0 aliphatic rings. The minimum atomic E-state index is -0.429. The van der Waals surface area contributed by atoms with Crippen molar-refractivity contribution in [3.8, 4) is 17.0 Å². The van der Waals surface area contributed by atoms with Crippen LogP contribution < -0.4 is 4.74 Å². The van der Waals surface area contributed by atoms with Gasteiger partial charge in [-0.25, -0.2) is 9.78 Å². The maximum Gasteiger partial charge on any atom is 0.340 e. The molecule has 3 rings (SSSR count). The molecule has 2 aromatic heterocycles. The van der Waals surface area contributed by atoms with Gasteiger partial charge in [-0.2, -0.15) is 0 Å². The number of ketones is 1. The predicted octanol–water partition coefficient (Wildman–Crippen LogP) is 4.50. The molecule has 28 heavy (non-hydrogen) atoms. The second-order valence-corrected chi connectivity index (χ2v) is 7.40. The van der Waals surface area contributed by atoms with Crippen LogP contribution in [0, 0.1) is 20.8 Å². The summed E-state index contributed by atoms with van der Waals surface area (Å²) in [5, 5.41) is 3.02. The highest BCUT2D eigenvalue weighted by molar-refractivity contribution is 7.09. The largest absolute Gasteiger partial charge is 0.485 e. The molecule has 0 amide bonds. The van der Waals surface area contributed by atoms with Crippen molar-refractivity contribution in [3.63, 3.8) is 0 Å². The fourth-order valence-corrected chi connectivity index (χ4v) is 3.60. The van der Waals surface area contributed by atoms with Gasteiger partial charge in [0.25, 0.3) is 0 Å². The summed E-state index contributed by atoms with van der Waals surface area (Å²) in [5.74, 6) is -0.0625. The van der Waals surface area contributed by atoms with E-state index in [1.807, 2.05) is 36.6 Å². The minimum Gasteiger partial charge on any atom is -0.485 e. The van der Waals surface area contributed by atoms with Crippen LogP contribution in [0.4, 0.5) is 0 Å². The zero-order chi connectivity index (χ0) is 20.3. The van der Waals surface area contributed by atoms with E-state index in [0.717, 1.165) is 16.3 Å². The molecule has 0 aliphatic carbocycles. The molecule has 0 aliphatic heterocycles. The van der Waals surface area contributed by atoms with Gasteiger partial charge in [-0.05, 0) is 57.5 Å². The van der Waals surface area contributed by atoms with Crippen molar-refractivity contribution in [2.75, 3.05) is 13.2 Å². The van der Waals surface area contributed by atoms with Gasteiger partial charge < -0.3 is 14.5 Å². The molecule has 2 heterocycles. The fourth-order valence-electron chi connectivity index (χ4n) is 2.98. The van der Waals surface area contributed by atoms with Crippen LogP contribution in [0.1, 0.15) is 44.0 Å². The molecule has 1 aromatic carbocycles. The number of esters is 1. The number of rotatable bonds is 7. The molecular weight excluding hydrogens is 376 g/mol. The molecule has 146 valence electrons. The standard InChI is InChI=1S/C21H22N2O4S/c1-5-26-21(25)19-12(2)20(22-13(19)3)18(24)10-27-16-8-6-15(7-9-16)17-11-28-14(4)23-17/h6-9,11,22H,5,10H2,1-4H3. The van der Waals surface area contributed by atoms with E-state index in [9.17, 15) is 9.59 Å². The molecule has 6 nitrogen and oxygen atoms in total. The van der Waals surface area contributed by atoms with Crippen LogP contribution in [-0.2, 0) is 4.74 Å². The molecule has 0 atom stereocenters. The number of aromatic nitrogens is 2. The van der Waals surface area contributed by atoms with Gasteiger partial charge in [-0.3, -0.25) is 4.79 Å². The van der Waals surface area contributed by atoms with Crippen molar-refractivity contribution in [3.05, 3.63) is 57.2 Å². The number of H-pyrrole nitrogens is 1. The molecule has 0 saturated carbocycles. The van der Waals surface area contributed by atoms with E-state index < -0.39 is 5.97 Å². The first-order valence-corrected chi connectivity index (χ1v) is 9.83. The lowest BCUT2D eigenvalue weighted by Gasteiger charge is -2.06. The Labute approximate surface area is 167 Å². The molecule has 0 spiro atoms. The number of thiazole rings is 1. The van der Waals surface area contributed by atoms with Crippen LogP contribution in [0.5, 0.6) is 5.75 Å². The van der Waals surface area contributed by atoms with E-state index >= 15 is 0 Å². The van der Waals surface area contributed by atoms with Crippen LogP contribution in [0.3, 0.4) is 0 Å². The van der Waals surface area contributed by atoms with Crippen molar-refractivity contribution in [2.45, 2.75) is 27.7 Å². The van der Waals surface area contributed by atoms with Gasteiger partial charge in [0.05, 0.1) is 28.6 Å². The quantitative estimate of drug-likeness (QED) is 0.468. The van der Waals surface area contributed by atoms with Crippen LogP contribution >= 0.6 is 11.3 Å². The Morgan fingerprint density at radius 2 is 1.86 bits per heavy atom. The van der Waals surface area contributed by atoms with Crippen molar-refractivity contribution in [1.29, 1.82) is 0 Å². The van der Waals surface area contributed by atoms with E-state index in [4.69, 9.17) is 9.47 Å². The monoisotopic (exact) mass is 398 g/mol. The van der Waals surface area contributed by atoms with E-state index in [1.54, 1.807) is 32.1 Å². The van der Waals surface area contributed by atoms with Gasteiger partial charge in [0, 0.05) is 16.6 Å². The first-order chi connectivity index (χ1) is 13.4. The van der Waals surface area contributed by atoms with Crippen LogP contribution in [0.2, 0.25) is 0 Å². The Balaban J connectivity index is 1.67. The molecular formula is C21H22N2O4S. The zero-order valence-electron chi connectivity index (χ0n) is 16.3. The predicted molar refractivity (Wildman–Crippen MR) is 108 cm³/mol. The Kier molecular flexibility index (Phi) is 5.94. The van der Waals surface area contributed by atoms with Gasteiger partial charge >= 0.3 is 5.97 Å². The highest BCUT2D eigenvalue weighted by Gasteiger charge is 2.23. The molecule has 3 aromatic rings. The number of nitrogens with zero attached hydrogens (tertiary/aromatic N) is 1. The van der Waals surface area contributed by atoms with Crippen molar-refractivity contribution >= 4 is 23.1 Å². The van der Waals surface area contributed by atoms with Gasteiger partial charge in [-0.15, -0.1) is 11.3 Å². The lowest BCUT2D eigenvalue weighted by atomic mass is 10.1. The van der Waals surface area contributed by atoms with Crippen LogP contribution in [0.25, 0.3) is 11.3 Å². The average molecular weight is 398 g/mol. The summed E-state index contributed by atoms with van der Waals surface area (Å²) in [6.45, 7) is 7.35. The normalized spacial score (nSPS) is 10.7. The average Bonchev–Trinajstić information content (AvgIpc) is 3.23. The Morgan fingerprint density at radius 1 is 1.14 bits per heavy atom. The van der Waals surface area contributed by atoms with Gasteiger partial charge in [0.15, 0.2) is 6.61 Å². The van der Waals surface area contributed by atoms with E-state index in [1.165, 1.54) is 0 Å². The molecule has 7 heteroatoms. The summed E-state index contributed by atoms with van der Waals surface area (Å²) in [6.07, 6.45) is 0. The van der Waals surface area contributed by atoms with E-state index in [2.05, 4.69) is 9.97 Å². The summed E-state index contributed by atoms with van der Waals surface area (Å²) in [5.41, 5.74) is 3.90. The smallest absolute Gasteiger partial charge is 0.340 e. The third-order valence-corrected chi connectivity index (χ3v) is 5.11. The second-order valence-electron chi connectivity index (χ2n) is 6.33. The number of hydrogen-bond donors (Lipinski definition) is 1. The maximum atomic E-state index is 12.6. The third kappa shape index (κ3) is 4.14. The van der Waals surface area contributed by atoms with Crippen molar-refractivity contribution < 1.29 is 19.1 Å². The summed E-state index contributed by atoms with van der Waals surface area (Å²) in [4.78, 5) is 32.1. The number of hydrogen-bond acceptors (Lipinski definition) is 6. The van der Waals surface area contributed by atoms with Gasteiger partial charge in [0.1, 0.15) is 5.75 Å². The van der Waals surface area contributed by atoms with Gasteiger partial charge in [0.2, 0.25) is 5.78 Å². The number of nitrogens with one attached hydrogen (secondary N) is 1. The van der Waals surface area contributed by atoms with Crippen molar-refractivity contribution in [2.24, 2.45) is 0 Å². The topological polar surface area (TPSA) is 81.3 Å². The molecule has 0 unspecified atom stereocenters. The lowest BCUT2D eigenvalue weighted by molar-refractivity contribution is 0.0525. The summed E-state index contributed by atoms with van der Waals surface area (Å²) >= 11 is 1.60. The Morgan fingerprint density at radius 3 is 2.46 bits per heavy atom. The van der Waals surface area contributed by atoms with E-state index in [-0.39, 0.29) is 19.0 Å². The van der Waals surface area contributed by atoms with Crippen LogP contribution in [-0.4, -0.2) is 34.9 Å². The second kappa shape index (κ2) is 8.39. The number of Topliss-reactive ketones (excluding diaryl/α,β-unsaturated/α-hetero) is 1. The minimum absolute atomic E-state index is 0.127. The molecule has 1 N–H and O–H groups in total. The summed E-state index contributed by atoms with van der Waals surface area (Å²) in [7, 11) is 0. The number of benzene rings is 1. The Hall–Kier alpha value is -2.93. The summed E-state index contributed by atoms with van der Waals surface area (Å²) < 4.78 is 10.7. The SMILES string of the molecule is CCOC(=O)c1c(C)[nH]c(C(=O)COc2ccc(-c3csc(C)n3)cc2)c1C. The Bertz CT molecular complexity index is 1000.